The van der Waals surface area contributed by atoms with Gasteiger partial charge in [-0.3, -0.25) is 0 Å². The molecule has 0 aliphatic heterocycles. The molecule has 0 heterocycles. The fraction of sp³-hybridized carbons (Fsp3) is 0.727. The van der Waals surface area contributed by atoms with Crippen molar-refractivity contribution >= 4 is 22.4 Å². The number of aryl methyl sites for hydroxylation is 2. The van der Waals surface area contributed by atoms with Crippen LogP contribution in [0.4, 0.5) is 0 Å². The monoisotopic (exact) mass is 593 g/mol. The van der Waals surface area contributed by atoms with Gasteiger partial charge in [-0.1, -0.05) is 0 Å². The van der Waals surface area contributed by atoms with E-state index in [-0.39, 0.29) is 39.2 Å². The predicted octanol–water partition coefficient (Wildman–Crippen LogP) is 7.79. The van der Waals surface area contributed by atoms with Crippen molar-refractivity contribution in [3.05, 3.63) is 39.5 Å². The van der Waals surface area contributed by atoms with Crippen molar-refractivity contribution in [3.8, 4) is 0 Å². The number of rotatable bonds is 7. The molecule has 6 heteroatoms. The molecule has 39 heavy (non-hydrogen) atoms. The summed E-state index contributed by atoms with van der Waals surface area (Å²) >= 11 is -4.01. The van der Waals surface area contributed by atoms with E-state index < -0.39 is 17.6 Å². The van der Waals surface area contributed by atoms with E-state index >= 15 is 0 Å². The van der Waals surface area contributed by atoms with Crippen LogP contribution in [0, 0.1) is 26.7 Å². The molecule has 4 nitrogen and oxygen atoms in total. The number of fused-ring (bicyclic) bond motifs is 1. The standard InChI is InChI=1S/C14H17.C13H25NO.2C3H7O.H4Si.Ti/c1-8-6-10(3)14-12(5)9(2)7-13(14)11(8)4;14-13(15)12-10-8-6-4-2-1-3-5-7-9-11-12;2*1-3(2)4;;/h6-7H,1-5H3;12H,1-11H2,(H2,14,15);2*3H,1-2H3;1H4;/q;;2*-1;;+3/p-1. The van der Waals surface area contributed by atoms with E-state index in [0.717, 1.165) is 25.7 Å². The minimum atomic E-state index is -4.01. The summed E-state index contributed by atoms with van der Waals surface area (Å²) in [4.78, 5) is 14.2. The fourth-order valence-corrected chi connectivity index (χ4v) is 13.1. The molecule has 1 N–H and O–H groups in total. The molecule has 2 aliphatic carbocycles. The van der Waals surface area contributed by atoms with Crippen molar-refractivity contribution in [1.82, 2.24) is 3.80 Å². The maximum absolute atomic E-state index is 14.2. The van der Waals surface area contributed by atoms with Crippen molar-refractivity contribution in [2.75, 3.05) is 0 Å². The van der Waals surface area contributed by atoms with E-state index in [1.54, 1.807) is 0 Å². The van der Waals surface area contributed by atoms with E-state index in [2.05, 4.69) is 72.2 Å². The normalized spacial score (nSPS) is 19.9. The van der Waals surface area contributed by atoms with Crippen LogP contribution in [-0.4, -0.2) is 29.1 Å². The van der Waals surface area contributed by atoms with E-state index in [9.17, 15) is 4.79 Å². The summed E-state index contributed by atoms with van der Waals surface area (Å²) in [6.07, 6.45) is 13.2. The second-order valence-corrected chi connectivity index (χ2v) is 16.7. The molecule has 0 bridgehead atoms. The molecule has 1 amide bonds. The van der Waals surface area contributed by atoms with Crippen molar-refractivity contribution < 1.29 is 29.1 Å². The first kappa shape index (κ1) is 34.5. The molecule has 0 aromatic heterocycles. The predicted molar refractivity (Wildman–Crippen MR) is 168 cm³/mol. The zero-order chi connectivity index (χ0) is 28.0. The van der Waals surface area contributed by atoms with E-state index in [0.29, 0.717) is 0 Å². The van der Waals surface area contributed by atoms with Crippen LogP contribution in [0.2, 0.25) is 0 Å². The Morgan fingerprint density at radius 3 is 1.72 bits per heavy atom. The third-order valence-electron chi connectivity index (χ3n) is 8.76. The van der Waals surface area contributed by atoms with Gasteiger partial charge in [0, 0.05) is 0 Å². The van der Waals surface area contributed by atoms with Crippen LogP contribution < -0.4 is 3.80 Å². The Balaban J connectivity index is 0.00000533. The first-order chi connectivity index (χ1) is 18.0. The van der Waals surface area contributed by atoms with Crippen LogP contribution >= 0.6 is 0 Å². The van der Waals surface area contributed by atoms with Gasteiger partial charge in [-0.25, -0.2) is 0 Å². The van der Waals surface area contributed by atoms with Gasteiger partial charge in [-0.05, 0) is 11.0 Å². The molecule has 222 valence electrons. The minimum absolute atomic E-state index is 0. The molecule has 1 fully saturated rings. The summed E-state index contributed by atoms with van der Waals surface area (Å²) in [5.74, 6) is 0.210. The van der Waals surface area contributed by atoms with Crippen LogP contribution in [0.1, 0.15) is 144 Å². The Morgan fingerprint density at radius 1 is 0.795 bits per heavy atom. The molecule has 3 rings (SSSR count). The number of carbonyl (C=O) groups is 1. The van der Waals surface area contributed by atoms with Gasteiger partial charge in [0.25, 0.3) is 0 Å². The van der Waals surface area contributed by atoms with Gasteiger partial charge in [-0.2, -0.15) is 0 Å². The van der Waals surface area contributed by atoms with Gasteiger partial charge in [0.1, 0.15) is 0 Å². The van der Waals surface area contributed by atoms with E-state index in [1.807, 2.05) is 0 Å². The number of amides is 1. The van der Waals surface area contributed by atoms with Gasteiger partial charge >= 0.3 is 239 Å². The van der Waals surface area contributed by atoms with Gasteiger partial charge < -0.3 is 0 Å². The largest absolute Gasteiger partial charge is 0.0149 e. The van der Waals surface area contributed by atoms with Crippen molar-refractivity contribution in [3.63, 3.8) is 0 Å². The Kier molecular flexibility index (Phi) is 13.7. The average molecular weight is 594 g/mol. The Hall–Kier alpha value is -0.719. The third kappa shape index (κ3) is 8.41. The first-order valence-electron chi connectivity index (χ1n) is 15.4. The fourth-order valence-electron chi connectivity index (χ4n) is 6.78. The summed E-state index contributed by atoms with van der Waals surface area (Å²) in [6.45, 7) is 19.5. The van der Waals surface area contributed by atoms with Crippen LogP contribution in [0.15, 0.2) is 11.6 Å². The smallest absolute Gasteiger partial charge is 0.0149 e. The molecular formula is C33H59NO3SiTi. The molecule has 1 unspecified atom stereocenters. The maximum atomic E-state index is 14.2. The van der Waals surface area contributed by atoms with Crippen molar-refractivity contribution in [1.29, 1.82) is 0 Å². The molecule has 0 saturated heterocycles. The minimum Gasteiger partial charge on any atom is -0.0149 e. The molecule has 1 saturated carbocycles. The molecule has 2 aliphatic rings. The number of benzene rings is 1. The Morgan fingerprint density at radius 2 is 1.26 bits per heavy atom. The van der Waals surface area contributed by atoms with Gasteiger partial charge in [-0.15, -0.1) is 0 Å². The van der Waals surface area contributed by atoms with Crippen LogP contribution in [0.5, 0.6) is 0 Å². The third-order valence-corrected chi connectivity index (χ3v) is 14.6. The van der Waals surface area contributed by atoms with Crippen molar-refractivity contribution in [2.45, 2.75) is 149 Å². The van der Waals surface area contributed by atoms with Gasteiger partial charge in [0.2, 0.25) is 0 Å². The summed E-state index contributed by atoms with van der Waals surface area (Å²) in [7, 11) is 0. The molecule has 0 radical (unpaired) electrons. The Labute approximate surface area is 249 Å². The summed E-state index contributed by atoms with van der Waals surface area (Å²) in [6, 6.07) is 2.30. The summed E-state index contributed by atoms with van der Waals surface area (Å²) in [5.41, 5.74) is 9.20. The topological polar surface area (TPSA) is 47.6 Å². The summed E-state index contributed by atoms with van der Waals surface area (Å²) in [5, 5.41) is 0. The molecular weight excluding hydrogens is 534 g/mol. The number of hydrogen-bond acceptors (Lipinski definition) is 3. The maximum Gasteiger partial charge on any atom is -0.0149 e. The van der Waals surface area contributed by atoms with E-state index in [4.69, 9.17) is 6.64 Å². The Bertz CT molecular complexity index is 981. The van der Waals surface area contributed by atoms with Gasteiger partial charge in [0.15, 0.2) is 0 Å². The molecule has 0 spiro atoms. The number of nitrogens with one attached hydrogen (secondary N) is 1. The molecule has 1 aromatic rings. The summed E-state index contributed by atoms with van der Waals surface area (Å²) < 4.78 is 17.5. The zero-order valence-corrected chi connectivity index (χ0v) is 27.5. The molecule has 1 atom stereocenters. The first-order valence-corrected chi connectivity index (χ1v) is 18.4. The van der Waals surface area contributed by atoms with E-state index in [1.165, 1.54) is 83.9 Å². The van der Waals surface area contributed by atoms with Crippen LogP contribution in [-0.2, 0) is 29.1 Å². The number of allylic oxidation sites excluding steroid dienone is 2. The van der Waals surface area contributed by atoms with Gasteiger partial charge in [0.05, 0.1) is 0 Å². The second kappa shape index (κ2) is 15.5. The molecule has 1 aromatic carbocycles. The second-order valence-electron chi connectivity index (χ2n) is 12.6. The SMILES string of the molecule is CC1=C(C)[CH]([Ti]([NH]C(=O)C2CCCCCCCCCCC2)([O]C(C)C)[O]C(C)C)c2c(C)c(C)cc(C)c21.[SiH4]. The average Bonchev–Trinajstić information content (AvgIpc) is 3.08. The number of carbonyl (C=O) groups excluding carboxylic acids is 1. The quantitative estimate of drug-likeness (QED) is 0.328. The van der Waals surface area contributed by atoms with Crippen LogP contribution in [0.3, 0.4) is 0 Å². The van der Waals surface area contributed by atoms with Crippen LogP contribution in [0.25, 0.3) is 5.57 Å². The zero-order valence-electron chi connectivity index (χ0n) is 25.9. The van der Waals surface area contributed by atoms with Crippen molar-refractivity contribution in [2.24, 2.45) is 5.92 Å². The number of hydrogen-bond donors (Lipinski definition) is 1.